The van der Waals surface area contributed by atoms with Crippen molar-refractivity contribution in [1.82, 2.24) is 4.98 Å². The van der Waals surface area contributed by atoms with E-state index in [-0.39, 0.29) is 0 Å². The molecule has 2 nitrogen and oxygen atoms in total. The molecule has 0 spiro atoms. The van der Waals surface area contributed by atoms with E-state index in [1.54, 1.807) is 11.3 Å². The van der Waals surface area contributed by atoms with Crippen molar-refractivity contribution in [2.75, 3.05) is 6.54 Å². The van der Waals surface area contributed by atoms with Crippen LogP contribution in [0.3, 0.4) is 0 Å². The van der Waals surface area contributed by atoms with Gasteiger partial charge in [-0.05, 0) is 13.0 Å². The molecule has 0 atom stereocenters. The highest BCUT2D eigenvalue weighted by molar-refractivity contribution is 7.10. The summed E-state index contributed by atoms with van der Waals surface area (Å²) in [4.78, 5) is 5.30. The van der Waals surface area contributed by atoms with Crippen LogP contribution in [0, 0.1) is 6.92 Å². The molecule has 0 aliphatic heterocycles. The number of aryl methyl sites for hydroxylation is 1. The van der Waals surface area contributed by atoms with E-state index in [2.05, 4.69) is 4.98 Å². The highest BCUT2D eigenvalue weighted by Crippen LogP contribution is 2.12. The average molecular weight is 154 g/mol. The number of aromatic nitrogens is 1. The molecule has 54 valence electrons. The fourth-order valence-corrected chi connectivity index (χ4v) is 1.37. The molecule has 0 bridgehead atoms. The van der Waals surface area contributed by atoms with Crippen molar-refractivity contribution in [2.24, 2.45) is 5.73 Å². The van der Waals surface area contributed by atoms with Gasteiger partial charge in [0.15, 0.2) is 0 Å². The molecule has 3 heteroatoms. The molecule has 0 aromatic carbocycles. The first-order chi connectivity index (χ1) is 4.84. The number of rotatable bonds is 2. The lowest BCUT2D eigenvalue weighted by Crippen LogP contribution is -1.91. The number of hydrogen-bond donors (Lipinski definition) is 1. The van der Waals surface area contributed by atoms with E-state index in [9.17, 15) is 0 Å². The molecule has 0 aliphatic carbocycles. The highest BCUT2D eigenvalue weighted by Gasteiger charge is 1.93. The van der Waals surface area contributed by atoms with E-state index in [4.69, 9.17) is 5.73 Å². The van der Waals surface area contributed by atoms with Crippen molar-refractivity contribution in [3.63, 3.8) is 0 Å². The number of nitrogens with two attached hydrogens (primary N) is 1. The Labute approximate surface area is 64.4 Å². The topological polar surface area (TPSA) is 38.9 Å². The maximum absolute atomic E-state index is 5.29. The van der Waals surface area contributed by atoms with Crippen LogP contribution in [0.4, 0.5) is 0 Å². The Kier molecular flexibility index (Phi) is 2.59. The summed E-state index contributed by atoms with van der Waals surface area (Å²) in [6.07, 6.45) is 3.94. The van der Waals surface area contributed by atoms with Crippen LogP contribution in [-0.2, 0) is 0 Å². The van der Waals surface area contributed by atoms with Gasteiger partial charge in [-0.15, -0.1) is 11.3 Å². The van der Waals surface area contributed by atoms with Gasteiger partial charge < -0.3 is 5.73 Å². The molecule has 0 saturated carbocycles. The largest absolute Gasteiger partial charge is 0.327 e. The molecule has 0 fully saturated rings. The monoisotopic (exact) mass is 154 g/mol. The van der Waals surface area contributed by atoms with Gasteiger partial charge in [0.25, 0.3) is 0 Å². The molecule has 0 saturated heterocycles. The van der Waals surface area contributed by atoms with E-state index in [1.165, 1.54) is 4.88 Å². The predicted octanol–water partition coefficient (Wildman–Crippen LogP) is 1.42. The van der Waals surface area contributed by atoms with Gasteiger partial charge in [0.2, 0.25) is 0 Å². The lowest BCUT2D eigenvalue weighted by Gasteiger charge is -1.84. The number of nitrogens with zero attached hydrogens (tertiary/aromatic N) is 1. The minimum absolute atomic E-state index is 0.595. The summed E-state index contributed by atoms with van der Waals surface area (Å²) in [6.45, 7) is 2.59. The van der Waals surface area contributed by atoms with Crippen molar-refractivity contribution < 1.29 is 0 Å². The van der Waals surface area contributed by atoms with Crippen LogP contribution < -0.4 is 5.73 Å². The van der Waals surface area contributed by atoms with Gasteiger partial charge in [0, 0.05) is 11.4 Å². The summed E-state index contributed by atoms with van der Waals surface area (Å²) in [6, 6.07) is 0. The summed E-state index contributed by atoms with van der Waals surface area (Å²) in [5, 5.41) is 0. The Bertz CT molecular complexity index is 227. The minimum atomic E-state index is 0.595. The van der Waals surface area contributed by atoms with Gasteiger partial charge in [-0.25, -0.2) is 4.98 Å². The predicted molar refractivity (Wildman–Crippen MR) is 44.9 cm³/mol. The smallest absolute Gasteiger partial charge is 0.0801 e. The Morgan fingerprint density at radius 2 is 2.60 bits per heavy atom. The summed E-state index contributed by atoms with van der Waals surface area (Å²) < 4.78 is 0. The molecule has 1 heterocycles. The van der Waals surface area contributed by atoms with E-state index < -0.39 is 0 Å². The van der Waals surface area contributed by atoms with Crippen LogP contribution in [0.2, 0.25) is 0 Å². The maximum atomic E-state index is 5.29. The molecule has 1 aromatic rings. The van der Waals surface area contributed by atoms with Gasteiger partial charge in [0.05, 0.1) is 11.2 Å². The second kappa shape index (κ2) is 3.49. The van der Waals surface area contributed by atoms with Crippen LogP contribution in [0.1, 0.15) is 10.6 Å². The van der Waals surface area contributed by atoms with Gasteiger partial charge in [-0.1, -0.05) is 6.08 Å². The Morgan fingerprint density at radius 1 is 1.80 bits per heavy atom. The minimum Gasteiger partial charge on any atom is -0.327 e. The fourth-order valence-electron chi connectivity index (χ4n) is 0.646. The number of thiazole rings is 1. The van der Waals surface area contributed by atoms with Gasteiger partial charge in [-0.2, -0.15) is 0 Å². The van der Waals surface area contributed by atoms with Crippen molar-refractivity contribution in [3.8, 4) is 0 Å². The average Bonchev–Trinajstić information content (AvgIpc) is 2.31. The molecule has 0 aliphatic rings. The summed E-state index contributed by atoms with van der Waals surface area (Å²) in [7, 11) is 0. The van der Waals surface area contributed by atoms with Crippen molar-refractivity contribution in [1.29, 1.82) is 0 Å². The first-order valence-corrected chi connectivity index (χ1v) is 3.99. The third-order valence-electron chi connectivity index (χ3n) is 1.19. The molecule has 0 unspecified atom stereocenters. The van der Waals surface area contributed by atoms with E-state index in [0.717, 1.165) is 5.69 Å². The standard InChI is InChI=1S/C7H10N2S/c1-6-7(3-2-4-8)10-5-9-6/h2-3,5H,4,8H2,1H3/b3-2+. The van der Waals surface area contributed by atoms with Crippen molar-refractivity contribution in [3.05, 3.63) is 22.2 Å². The van der Waals surface area contributed by atoms with Gasteiger partial charge in [-0.3, -0.25) is 0 Å². The second-order valence-corrected chi connectivity index (χ2v) is 2.83. The molecule has 1 aromatic heterocycles. The van der Waals surface area contributed by atoms with E-state index >= 15 is 0 Å². The third kappa shape index (κ3) is 1.65. The van der Waals surface area contributed by atoms with Gasteiger partial charge >= 0.3 is 0 Å². The molecule has 10 heavy (non-hydrogen) atoms. The zero-order valence-electron chi connectivity index (χ0n) is 5.87. The highest BCUT2D eigenvalue weighted by atomic mass is 32.1. The first kappa shape index (κ1) is 7.44. The van der Waals surface area contributed by atoms with E-state index in [1.807, 2.05) is 24.6 Å². The van der Waals surface area contributed by atoms with Crippen LogP contribution in [-0.4, -0.2) is 11.5 Å². The zero-order valence-corrected chi connectivity index (χ0v) is 6.69. The van der Waals surface area contributed by atoms with Crippen LogP contribution in [0.15, 0.2) is 11.6 Å². The lowest BCUT2D eigenvalue weighted by atomic mass is 10.3. The Balaban J connectivity index is 2.74. The molecule has 0 amide bonds. The molecular weight excluding hydrogens is 144 g/mol. The molecule has 2 N–H and O–H groups in total. The summed E-state index contributed by atoms with van der Waals surface area (Å²) in [5.74, 6) is 0. The van der Waals surface area contributed by atoms with E-state index in [0.29, 0.717) is 6.54 Å². The molecular formula is C7H10N2S. The van der Waals surface area contributed by atoms with Crippen LogP contribution in [0.5, 0.6) is 0 Å². The first-order valence-electron chi connectivity index (χ1n) is 3.11. The summed E-state index contributed by atoms with van der Waals surface area (Å²) in [5.41, 5.74) is 8.21. The second-order valence-electron chi connectivity index (χ2n) is 1.94. The lowest BCUT2D eigenvalue weighted by molar-refractivity contribution is 1.25. The normalized spacial score (nSPS) is 11.0. The van der Waals surface area contributed by atoms with Gasteiger partial charge in [0.1, 0.15) is 0 Å². The fraction of sp³-hybridized carbons (Fsp3) is 0.286. The SMILES string of the molecule is Cc1ncsc1/C=C/CN. The summed E-state index contributed by atoms with van der Waals surface area (Å²) >= 11 is 1.64. The molecule has 1 rings (SSSR count). The zero-order chi connectivity index (χ0) is 7.40. The maximum Gasteiger partial charge on any atom is 0.0801 e. The van der Waals surface area contributed by atoms with Crippen molar-refractivity contribution in [2.45, 2.75) is 6.92 Å². The Hall–Kier alpha value is -0.670. The Morgan fingerprint density at radius 3 is 3.10 bits per heavy atom. The third-order valence-corrected chi connectivity index (χ3v) is 2.08. The number of hydrogen-bond acceptors (Lipinski definition) is 3. The quantitative estimate of drug-likeness (QED) is 0.699. The van der Waals surface area contributed by atoms with Crippen molar-refractivity contribution >= 4 is 17.4 Å². The van der Waals surface area contributed by atoms with Crippen LogP contribution in [0.25, 0.3) is 6.08 Å². The molecule has 0 radical (unpaired) electrons. The van der Waals surface area contributed by atoms with Crippen LogP contribution >= 0.6 is 11.3 Å².